The highest BCUT2D eigenvalue weighted by molar-refractivity contribution is 7.91. The molecule has 0 aliphatic rings. The smallest absolute Gasteiger partial charge is 0.229 e. The Morgan fingerprint density at radius 1 is 0.941 bits per heavy atom. The van der Waals surface area contributed by atoms with Gasteiger partial charge in [0.2, 0.25) is 14.9 Å². The van der Waals surface area contributed by atoms with Crippen LogP contribution in [0.1, 0.15) is 0 Å². The summed E-state index contributed by atoms with van der Waals surface area (Å²) in [4.78, 5) is 4.72. The van der Waals surface area contributed by atoms with E-state index < -0.39 is 9.84 Å². The lowest BCUT2D eigenvalue weighted by atomic mass is 10.2. The second-order valence-electron chi connectivity index (χ2n) is 7.24. The third kappa shape index (κ3) is 3.57. The molecule has 2 heterocycles. The fourth-order valence-corrected chi connectivity index (χ4v) is 5.11. The van der Waals surface area contributed by atoms with Crippen LogP contribution in [0, 0.1) is 0 Å². The molecule has 1 N–H and O–H groups in total. The second kappa shape index (κ2) is 8.47. The quantitative estimate of drug-likeness (QED) is 0.366. The minimum Gasteiger partial charge on any atom is -0.495 e. The lowest BCUT2D eigenvalue weighted by Gasteiger charge is -2.15. The highest BCUT2D eigenvalue weighted by Crippen LogP contribution is 2.38. The van der Waals surface area contributed by atoms with E-state index in [0.717, 1.165) is 0 Å². The molecule has 0 spiro atoms. The minimum absolute atomic E-state index is 0.0867. The number of sulfone groups is 1. The summed E-state index contributed by atoms with van der Waals surface area (Å²) in [6.07, 6.45) is 0. The zero-order valence-corrected chi connectivity index (χ0v) is 19.6. The van der Waals surface area contributed by atoms with Gasteiger partial charge in [-0.05, 0) is 30.3 Å². The molecular weight excluding hydrogens is 478 g/mol. The van der Waals surface area contributed by atoms with Gasteiger partial charge in [0.15, 0.2) is 5.65 Å². The molecule has 3 aromatic carbocycles. The molecule has 0 amide bonds. The fraction of sp³-hybridized carbons (Fsp3) is 0.0870. The molecule has 5 aromatic rings. The molecule has 9 nitrogen and oxygen atoms in total. The van der Waals surface area contributed by atoms with Crippen LogP contribution < -0.4 is 14.8 Å². The number of halogens is 1. The van der Waals surface area contributed by atoms with E-state index in [1.165, 1.54) is 30.9 Å². The number of hydrogen-bond donors (Lipinski definition) is 1. The monoisotopic (exact) mass is 495 g/mol. The molecule has 0 saturated heterocycles. The molecule has 5 rings (SSSR count). The highest BCUT2D eigenvalue weighted by Gasteiger charge is 2.27. The minimum atomic E-state index is -3.96. The summed E-state index contributed by atoms with van der Waals surface area (Å²) in [6.45, 7) is 0. The molecule has 172 valence electrons. The first kappa shape index (κ1) is 21.9. The number of para-hydroxylation sites is 1. The average molecular weight is 496 g/mol. The molecule has 0 unspecified atom stereocenters. The summed E-state index contributed by atoms with van der Waals surface area (Å²) in [5.41, 5.74) is 1.23. The van der Waals surface area contributed by atoms with E-state index >= 15 is 0 Å². The van der Waals surface area contributed by atoms with Gasteiger partial charge in [0.25, 0.3) is 0 Å². The third-order valence-corrected chi connectivity index (χ3v) is 7.22. The van der Waals surface area contributed by atoms with Crippen molar-refractivity contribution in [2.45, 2.75) is 9.92 Å². The molecule has 0 atom stereocenters. The molecular formula is C23H18ClN5O4S. The number of ether oxygens (including phenoxy) is 2. The third-order valence-electron chi connectivity index (χ3n) is 5.26. The lowest BCUT2D eigenvalue weighted by molar-refractivity contribution is 0.396. The largest absolute Gasteiger partial charge is 0.495 e. The zero-order valence-electron chi connectivity index (χ0n) is 18.1. The highest BCUT2D eigenvalue weighted by atomic mass is 35.5. The first-order valence-electron chi connectivity index (χ1n) is 10.1. The zero-order chi connectivity index (χ0) is 23.9. The summed E-state index contributed by atoms with van der Waals surface area (Å²) >= 11 is 6.33. The van der Waals surface area contributed by atoms with Crippen molar-refractivity contribution in [1.82, 2.24) is 19.8 Å². The normalized spacial score (nSPS) is 11.6. The van der Waals surface area contributed by atoms with E-state index in [9.17, 15) is 8.42 Å². The number of methoxy groups -OCH3 is 2. The van der Waals surface area contributed by atoms with Crippen molar-refractivity contribution in [3.05, 3.63) is 71.8 Å². The van der Waals surface area contributed by atoms with Crippen molar-refractivity contribution < 1.29 is 17.9 Å². The Balaban J connectivity index is 1.73. The number of rotatable bonds is 6. The molecule has 11 heteroatoms. The van der Waals surface area contributed by atoms with Gasteiger partial charge in [-0.25, -0.2) is 13.4 Å². The van der Waals surface area contributed by atoms with Crippen LogP contribution in [0.2, 0.25) is 5.02 Å². The van der Waals surface area contributed by atoms with Crippen molar-refractivity contribution in [3.8, 4) is 11.5 Å². The van der Waals surface area contributed by atoms with Crippen LogP contribution in [-0.4, -0.2) is 42.4 Å². The van der Waals surface area contributed by atoms with Crippen LogP contribution in [0.15, 0.2) is 76.7 Å². The predicted molar refractivity (Wildman–Crippen MR) is 128 cm³/mol. The van der Waals surface area contributed by atoms with Crippen molar-refractivity contribution in [2.24, 2.45) is 0 Å². The van der Waals surface area contributed by atoms with Crippen LogP contribution in [-0.2, 0) is 9.84 Å². The van der Waals surface area contributed by atoms with Crippen LogP contribution in [0.5, 0.6) is 11.5 Å². The summed E-state index contributed by atoms with van der Waals surface area (Å²) in [5.74, 6) is 1.30. The summed E-state index contributed by atoms with van der Waals surface area (Å²) in [7, 11) is -0.922. The Labute approximate surface area is 199 Å². The van der Waals surface area contributed by atoms with Gasteiger partial charge in [0.05, 0.1) is 35.3 Å². The van der Waals surface area contributed by atoms with Crippen molar-refractivity contribution in [3.63, 3.8) is 0 Å². The lowest BCUT2D eigenvalue weighted by Crippen LogP contribution is -2.06. The molecule has 2 aromatic heterocycles. The van der Waals surface area contributed by atoms with Crippen LogP contribution in [0.3, 0.4) is 0 Å². The number of anilines is 2. The standard InChI is InChI=1S/C23H18ClN5O4S/c1-32-19-13-20(33-2)17(12-16(19)24)25-21-15-10-6-7-11-18(15)29-22(26-21)23(27-28-29)34(30,31)14-8-4-3-5-9-14/h3-13H,1-2H3,(H,25,26). The SMILES string of the molecule is COc1cc(OC)c(Nc2nc3c(S(=O)(=O)c4ccccc4)nnn3c3ccccc23)cc1Cl. The van der Waals surface area contributed by atoms with Gasteiger partial charge in [-0.3, -0.25) is 0 Å². The number of benzene rings is 3. The van der Waals surface area contributed by atoms with E-state index in [-0.39, 0.29) is 15.6 Å². The number of aromatic nitrogens is 4. The van der Waals surface area contributed by atoms with Gasteiger partial charge >= 0.3 is 0 Å². The second-order valence-corrected chi connectivity index (χ2v) is 9.51. The molecule has 34 heavy (non-hydrogen) atoms. The van der Waals surface area contributed by atoms with E-state index in [4.69, 9.17) is 21.1 Å². The van der Waals surface area contributed by atoms with E-state index in [0.29, 0.717) is 38.9 Å². The number of fused-ring (bicyclic) bond motifs is 3. The van der Waals surface area contributed by atoms with E-state index in [2.05, 4.69) is 20.6 Å². The van der Waals surface area contributed by atoms with Gasteiger partial charge in [-0.15, -0.1) is 5.10 Å². The van der Waals surface area contributed by atoms with E-state index in [1.54, 1.807) is 36.4 Å². The first-order chi connectivity index (χ1) is 16.4. The van der Waals surface area contributed by atoms with Gasteiger partial charge in [0, 0.05) is 11.5 Å². The van der Waals surface area contributed by atoms with Crippen molar-refractivity contribution in [2.75, 3.05) is 19.5 Å². The van der Waals surface area contributed by atoms with Crippen molar-refractivity contribution in [1.29, 1.82) is 0 Å². The topological polar surface area (TPSA) is 108 Å². The van der Waals surface area contributed by atoms with Gasteiger partial charge in [-0.2, -0.15) is 4.52 Å². The number of nitrogens with one attached hydrogen (secondary N) is 1. The molecule has 0 aliphatic carbocycles. The van der Waals surface area contributed by atoms with Gasteiger partial charge in [-0.1, -0.05) is 47.1 Å². The Morgan fingerprint density at radius 2 is 1.65 bits per heavy atom. The Bertz CT molecular complexity index is 1640. The average Bonchev–Trinajstić information content (AvgIpc) is 3.30. The summed E-state index contributed by atoms with van der Waals surface area (Å²) in [6, 6.07) is 18.7. The molecule has 0 radical (unpaired) electrons. The fourth-order valence-electron chi connectivity index (χ4n) is 3.61. The molecule has 0 fully saturated rings. The maximum Gasteiger partial charge on any atom is 0.229 e. The maximum absolute atomic E-state index is 13.3. The van der Waals surface area contributed by atoms with Gasteiger partial charge < -0.3 is 14.8 Å². The van der Waals surface area contributed by atoms with Crippen LogP contribution >= 0.6 is 11.6 Å². The van der Waals surface area contributed by atoms with E-state index in [1.807, 2.05) is 18.2 Å². The maximum atomic E-state index is 13.3. The van der Waals surface area contributed by atoms with Gasteiger partial charge in [0.1, 0.15) is 17.3 Å². The van der Waals surface area contributed by atoms with Crippen LogP contribution in [0.25, 0.3) is 16.6 Å². The summed E-state index contributed by atoms with van der Waals surface area (Å²) < 4.78 is 38.8. The first-order valence-corrected chi connectivity index (χ1v) is 11.9. The molecule has 0 aliphatic heterocycles. The molecule has 0 bridgehead atoms. The predicted octanol–water partition coefficient (Wildman–Crippen LogP) is 4.52. The summed E-state index contributed by atoms with van der Waals surface area (Å²) in [5, 5.41) is 12.1. The Kier molecular flexibility index (Phi) is 5.46. The Morgan fingerprint density at radius 3 is 2.38 bits per heavy atom. The van der Waals surface area contributed by atoms with Crippen molar-refractivity contribution >= 4 is 49.5 Å². The number of nitrogens with zero attached hydrogens (tertiary/aromatic N) is 4. The Hall–Kier alpha value is -3.89. The molecule has 0 saturated carbocycles. The number of hydrogen-bond acceptors (Lipinski definition) is 8. The van der Waals surface area contributed by atoms with Crippen LogP contribution in [0.4, 0.5) is 11.5 Å².